The average molecular weight is 494 g/mol. The van der Waals surface area contributed by atoms with Crippen LogP contribution in [0.15, 0.2) is 0 Å². The first-order chi connectivity index (χ1) is 17.1. The minimum atomic E-state index is -0.0248. The van der Waals surface area contributed by atoms with Gasteiger partial charge in [-0.1, -0.05) is 117 Å². The normalized spacial score (nSPS) is 17.1. The van der Waals surface area contributed by atoms with Gasteiger partial charge in [0.25, 0.3) is 0 Å². The van der Waals surface area contributed by atoms with Gasteiger partial charge in [0.15, 0.2) is 0 Å². The Bertz CT molecular complexity index is 521. The molecule has 2 unspecified atom stereocenters. The lowest BCUT2D eigenvalue weighted by Gasteiger charge is -2.21. The Morgan fingerprint density at radius 1 is 0.686 bits per heavy atom. The SMILES string of the molecule is CCCCCCCCCCCCCCN(CC(C)=O)CC1CC1COC(=O)CCCCCCCC. The van der Waals surface area contributed by atoms with Crippen molar-refractivity contribution in [2.24, 2.45) is 11.8 Å². The number of carbonyl (C=O) groups is 2. The van der Waals surface area contributed by atoms with E-state index in [4.69, 9.17) is 4.74 Å². The molecule has 0 radical (unpaired) electrons. The van der Waals surface area contributed by atoms with E-state index in [9.17, 15) is 9.59 Å². The number of rotatable bonds is 26. The zero-order valence-electron chi connectivity index (χ0n) is 23.8. The molecule has 0 bridgehead atoms. The molecule has 0 amide bonds. The molecule has 0 aliphatic heterocycles. The van der Waals surface area contributed by atoms with Crippen LogP contribution in [0.25, 0.3) is 0 Å². The number of unbranched alkanes of at least 4 members (excludes halogenated alkanes) is 16. The molecule has 4 heteroatoms. The van der Waals surface area contributed by atoms with Gasteiger partial charge in [-0.25, -0.2) is 0 Å². The van der Waals surface area contributed by atoms with Gasteiger partial charge in [-0.15, -0.1) is 0 Å². The molecule has 0 heterocycles. The molecular weight excluding hydrogens is 434 g/mol. The first-order valence-electron chi connectivity index (χ1n) is 15.4. The third kappa shape index (κ3) is 19.9. The number of Topliss-reactive ketones (excluding diaryl/α,β-unsaturated/α-hetero) is 1. The minimum Gasteiger partial charge on any atom is -0.465 e. The lowest BCUT2D eigenvalue weighted by molar-refractivity contribution is -0.144. The predicted octanol–water partition coefficient (Wildman–Crippen LogP) is 8.51. The number of carbonyl (C=O) groups excluding carboxylic acids is 2. The minimum absolute atomic E-state index is 0.0248. The van der Waals surface area contributed by atoms with Crippen LogP contribution in [0, 0.1) is 11.8 Å². The molecule has 0 spiro atoms. The molecule has 1 fully saturated rings. The Morgan fingerprint density at radius 2 is 1.17 bits per heavy atom. The summed E-state index contributed by atoms with van der Waals surface area (Å²) in [5.74, 6) is 1.32. The second-order valence-corrected chi connectivity index (χ2v) is 11.3. The van der Waals surface area contributed by atoms with Crippen molar-refractivity contribution in [1.82, 2.24) is 4.90 Å². The van der Waals surface area contributed by atoms with Crippen LogP contribution < -0.4 is 0 Å². The van der Waals surface area contributed by atoms with Crippen molar-refractivity contribution in [1.29, 1.82) is 0 Å². The second kappa shape index (κ2) is 22.3. The standard InChI is InChI=1S/C31H59NO3/c1-4-6-8-10-12-13-14-15-16-17-19-21-23-32(25-28(3)33)26-29-24-30(29)27-35-31(34)22-20-18-11-9-7-5-2/h29-30H,4-27H2,1-3H3. The van der Waals surface area contributed by atoms with E-state index >= 15 is 0 Å². The van der Waals surface area contributed by atoms with Crippen molar-refractivity contribution in [3.05, 3.63) is 0 Å². The molecule has 4 nitrogen and oxygen atoms in total. The molecule has 1 aliphatic carbocycles. The van der Waals surface area contributed by atoms with Gasteiger partial charge in [-0.2, -0.15) is 0 Å². The summed E-state index contributed by atoms with van der Waals surface area (Å²) >= 11 is 0. The highest BCUT2D eigenvalue weighted by Gasteiger charge is 2.39. The molecule has 206 valence electrons. The molecule has 2 atom stereocenters. The highest BCUT2D eigenvalue weighted by atomic mass is 16.5. The monoisotopic (exact) mass is 493 g/mol. The van der Waals surface area contributed by atoms with Gasteiger partial charge >= 0.3 is 5.97 Å². The van der Waals surface area contributed by atoms with E-state index in [1.807, 2.05) is 0 Å². The van der Waals surface area contributed by atoms with Crippen molar-refractivity contribution >= 4 is 11.8 Å². The van der Waals surface area contributed by atoms with Crippen LogP contribution >= 0.6 is 0 Å². The summed E-state index contributed by atoms with van der Waals surface area (Å²) in [4.78, 5) is 26.1. The maximum Gasteiger partial charge on any atom is 0.305 e. The molecule has 0 N–H and O–H groups in total. The lowest BCUT2D eigenvalue weighted by atomic mass is 10.1. The Morgan fingerprint density at radius 3 is 1.69 bits per heavy atom. The fourth-order valence-corrected chi connectivity index (χ4v) is 5.12. The van der Waals surface area contributed by atoms with E-state index in [1.54, 1.807) is 6.92 Å². The van der Waals surface area contributed by atoms with Gasteiger partial charge in [0, 0.05) is 13.0 Å². The van der Waals surface area contributed by atoms with E-state index in [0.717, 1.165) is 32.4 Å². The van der Waals surface area contributed by atoms with Crippen molar-refractivity contribution in [2.75, 3.05) is 26.2 Å². The molecule has 1 aliphatic rings. The van der Waals surface area contributed by atoms with Gasteiger partial charge in [-0.3, -0.25) is 14.5 Å². The van der Waals surface area contributed by atoms with E-state index in [1.165, 1.54) is 103 Å². The number of ether oxygens (including phenoxy) is 1. The van der Waals surface area contributed by atoms with Gasteiger partial charge in [0.1, 0.15) is 5.78 Å². The summed E-state index contributed by atoms with van der Waals surface area (Å²) in [6, 6.07) is 0. The molecule has 0 aromatic carbocycles. The quantitative estimate of drug-likeness (QED) is 0.0895. The smallest absolute Gasteiger partial charge is 0.305 e. The zero-order chi connectivity index (χ0) is 25.6. The molecule has 0 saturated heterocycles. The van der Waals surface area contributed by atoms with Crippen molar-refractivity contribution in [3.63, 3.8) is 0 Å². The summed E-state index contributed by atoms with van der Waals surface area (Å²) in [5.41, 5.74) is 0. The van der Waals surface area contributed by atoms with Crippen LogP contribution in [0.2, 0.25) is 0 Å². The lowest BCUT2D eigenvalue weighted by Crippen LogP contribution is -2.32. The summed E-state index contributed by atoms with van der Waals surface area (Å²) in [6.45, 7) is 9.35. The van der Waals surface area contributed by atoms with E-state index in [0.29, 0.717) is 31.4 Å². The maximum atomic E-state index is 12.0. The Balaban J connectivity index is 2.04. The van der Waals surface area contributed by atoms with Crippen LogP contribution in [0.3, 0.4) is 0 Å². The zero-order valence-corrected chi connectivity index (χ0v) is 23.8. The Kier molecular flexibility index (Phi) is 20.5. The van der Waals surface area contributed by atoms with Gasteiger partial charge in [0.2, 0.25) is 0 Å². The summed E-state index contributed by atoms with van der Waals surface area (Å²) < 4.78 is 5.54. The molecule has 35 heavy (non-hydrogen) atoms. The van der Waals surface area contributed by atoms with Gasteiger partial charge < -0.3 is 4.74 Å². The fraction of sp³-hybridized carbons (Fsp3) is 0.935. The topological polar surface area (TPSA) is 46.6 Å². The van der Waals surface area contributed by atoms with Crippen molar-refractivity contribution < 1.29 is 14.3 Å². The largest absolute Gasteiger partial charge is 0.465 e. The highest BCUT2D eigenvalue weighted by molar-refractivity contribution is 5.77. The third-order valence-electron chi connectivity index (χ3n) is 7.53. The average Bonchev–Trinajstić information content (AvgIpc) is 3.57. The number of hydrogen-bond donors (Lipinski definition) is 0. The summed E-state index contributed by atoms with van der Waals surface area (Å²) in [6.07, 6.45) is 25.2. The molecule has 0 aromatic heterocycles. The van der Waals surface area contributed by atoms with Gasteiger partial charge in [0.05, 0.1) is 13.2 Å². The Hall–Kier alpha value is -0.900. The van der Waals surface area contributed by atoms with E-state index in [2.05, 4.69) is 18.7 Å². The predicted molar refractivity (Wildman–Crippen MR) is 149 cm³/mol. The number of esters is 1. The van der Waals surface area contributed by atoms with Crippen molar-refractivity contribution in [2.45, 2.75) is 149 Å². The van der Waals surface area contributed by atoms with Crippen LogP contribution in [0.4, 0.5) is 0 Å². The van der Waals surface area contributed by atoms with Crippen molar-refractivity contribution in [3.8, 4) is 0 Å². The number of hydrogen-bond acceptors (Lipinski definition) is 4. The van der Waals surface area contributed by atoms with E-state index < -0.39 is 0 Å². The number of nitrogens with zero attached hydrogens (tertiary/aromatic N) is 1. The van der Waals surface area contributed by atoms with E-state index in [-0.39, 0.29) is 11.8 Å². The van der Waals surface area contributed by atoms with Gasteiger partial charge in [-0.05, 0) is 44.6 Å². The second-order valence-electron chi connectivity index (χ2n) is 11.3. The molecule has 0 aromatic rings. The van der Waals surface area contributed by atoms with Crippen LogP contribution in [-0.4, -0.2) is 42.9 Å². The first-order valence-corrected chi connectivity index (χ1v) is 15.4. The first kappa shape index (κ1) is 32.1. The highest BCUT2D eigenvalue weighted by Crippen LogP contribution is 2.39. The Labute approximate surface area is 218 Å². The maximum absolute atomic E-state index is 12.0. The molecule has 1 saturated carbocycles. The third-order valence-corrected chi connectivity index (χ3v) is 7.53. The molecule has 1 rings (SSSR count). The van der Waals surface area contributed by atoms with Crippen LogP contribution in [0.5, 0.6) is 0 Å². The number of ketones is 1. The molecular formula is C31H59NO3. The van der Waals surface area contributed by atoms with Crippen LogP contribution in [-0.2, 0) is 14.3 Å². The van der Waals surface area contributed by atoms with Crippen LogP contribution in [0.1, 0.15) is 149 Å². The fourth-order valence-electron chi connectivity index (χ4n) is 5.12. The summed E-state index contributed by atoms with van der Waals surface area (Å²) in [5, 5.41) is 0. The summed E-state index contributed by atoms with van der Waals surface area (Å²) in [7, 11) is 0.